The Morgan fingerprint density at radius 1 is 1.31 bits per heavy atom. The normalized spacial score (nSPS) is 11.2. The van der Waals surface area contributed by atoms with E-state index in [1.165, 1.54) is 0 Å². The molecular weight excluding hydrogens is 224 g/mol. The molecule has 0 aliphatic carbocycles. The molecule has 0 radical (unpaired) electrons. The van der Waals surface area contributed by atoms with Gasteiger partial charge >= 0.3 is 0 Å². The van der Waals surface area contributed by atoms with Crippen molar-refractivity contribution in [3.05, 3.63) is 23.8 Å². The molecular formula is C11H18N2O2S. The van der Waals surface area contributed by atoms with Crippen LogP contribution in [-0.2, 0) is 10.0 Å². The van der Waals surface area contributed by atoms with E-state index >= 15 is 0 Å². The van der Waals surface area contributed by atoms with Crippen molar-refractivity contribution < 1.29 is 8.42 Å². The summed E-state index contributed by atoms with van der Waals surface area (Å²) in [5, 5.41) is 0. The molecule has 0 saturated carbocycles. The number of benzene rings is 1. The van der Waals surface area contributed by atoms with Gasteiger partial charge in [0.25, 0.3) is 0 Å². The third kappa shape index (κ3) is 2.88. The summed E-state index contributed by atoms with van der Waals surface area (Å²) < 4.78 is 25.5. The molecule has 0 amide bonds. The quantitative estimate of drug-likeness (QED) is 0.876. The number of rotatable bonds is 4. The van der Waals surface area contributed by atoms with Gasteiger partial charge in [0.15, 0.2) is 0 Å². The van der Waals surface area contributed by atoms with E-state index in [2.05, 4.69) is 4.72 Å². The van der Waals surface area contributed by atoms with Crippen molar-refractivity contribution in [3.63, 3.8) is 0 Å². The highest BCUT2D eigenvalue weighted by Crippen LogP contribution is 2.25. The van der Waals surface area contributed by atoms with E-state index < -0.39 is 10.0 Å². The molecule has 1 aromatic carbocycles. The van der Waals surface area contributed by atoms with Crippen LogP contribution in [0, 0.1) is 6.92 Å². The van der Waals surface area contributed by atoms with Gasteiger partial charge in [-0.3, -0.25) is 4.72 Å². The Balaban J connectivity index is 3.12. The molecule has 1 N–H and O–H groups in total. The average Bonchev–Trinajstić information content (AvgIpc) is 2.20. The lowest BCUT2D eigenvalue weighted by atomic mass is 10.1. The van der Waals surface area contributed by atoms with Crippen molar-refractivity contribution in [2.75, 3.05) is 29.5 Å². The highest BCUT2D eigenvalue weighted by molar-refractivity contribution is 7.92. The lowest BCUT2D eigenvalue weighted by Crippen LogP contribution is -2.17. The fourth-order valence-electron chi connectivity index (χ4n) is 1.46. The number of sulfonamides is 1. The predicted octanol–water partition coefficient (Wildman–Crippen LogP) is 1.82. The molecule has 0 aliphatic heterocycles. The fraction of sp³-hybridized carbons (Fsp3) is 0.455. The van der Waals surface area contributed by atoms with Gasteiger partial charge in [-0.15, -0.1) is 0 Å². The maximum atomic E-state index is 11.5. The molecule has 0 fully saturated rings. The van der Waals surface area contributed by atoms with E-state index in [-0.39, 0.29) is 5.75 Å². The van der Waals surface area contributed by atoms with Gasteiger partial charge < -0.3 is 4.90 Å². The van der Waals surface area contributed by atoms with Crippen molar-refractivity contribution in [2.45, 2.75) is 13.8 Å². The Hall–Kier alpha value is -1.23. The first-order valence-electron chi connectivity index (χ1n) is 5.15. The van der Waals surface area contributed by atoms with Gasteiger partial charge in [-0.05, 0) is 31.5 Å². The minimum absolute atomic E-state index is 0.0820. The SMILES string of the molecule is CCS(=O)(=O)Nc1cccc(N(C)C)c1C. The number of nitrogens with one attached hydrogen (secondary N) is 1. The number of hydrogen-bond donors (Lipinski definition) is 1. The van der Waals surface area contributed by atoms with Crippen LogP contribution in [0.2, 0.25) is 0 Å². The number of nitrogens with zero attached hydrogens (tertiary/aromatic N) is 1. The Bertz CT molecular complexity index is 467. The summed E-state index contributed by atoms with van der Waals surface area (Å²) in [6.07, 6.45) is 0. The van der Waals surface area contributed by atoms with Crippen LogP contribution in [0.4, 0.5) is 11.4 Å². The van der Waals surface area contributed by atoms with E-state index in [0.29, 0.717) is 5.69 Å². The van der Waals surface area contributed by atoms with Crippen molar-refractivity contribution >= 4 is 21.4 Å². The largest absolute Gasteiger partial charge is 0.377 e. The molecule has 0 atom stereocenters. The van der Waals surface area contributed by atoms with Gasteiger partial charge in [-0.2, -0.15) is 0 Å². The van der Waals surface area contributed by atoms with Gasteiger partial charge in [-0.1, -0.05) is 6.07 Å². The summed E-state index contributed by atoms with van der Waals surface area (Å²) in [5.41, 5.74) is 2.59. The Kier molecular flexibility index (Phi) is 3.80. The molecule has 5 heteroatoms. The van der Waals surface area contributed by atoms with Crippen LogP contribution in [0.5, 0.6) is 0 Å². The monoisotopic (exact) mass is 242 g/mol. The summed E-state index contributed by atoms with van der Waals surface area (Å²) in [5.74, 6) is 0.0820. The van der Waals surface area contributed by atoms with Crippen LogP contribution < -0.4 is 9.62 Å². The van der Waals surface area contributed by atoms with Gasteiger partial charge in [0.1, 0.15) is 0 Å². The average molecular weight is 242 g/mol. The van der Waals surface area contributed by atoms with Gasteiger partial charge in [-0.25, -0.2) is 8.42 Å². The second kappa shape index (κ2) is 4.74. The zero-order chi connectivity index (χ0) is 12.3. The summed E-state index contributed by atoms with van der Waals surface area (Å²) in [4.78, 5) is 1.96. The maximum Gasteiger partial charge on any atom is 0.232 e. The topological polar surface area (TPSA) is 49.4 Å². The van der Waals surface area contributed by atoms with E-state index in [1.54, 1.807) is 13.0 Å². The Morgan fingerprint density at radius 2 is 1.94 bits per heavy atom. The van der Waals surface area contributed by atoms with Gasteiger partial charge in [0.2, 0.25) is 10.0 Å². The van der Waals surface area contributed by atoms with E-state index in [4.69, 9.17) is 0 Å². The summed E-state index contributed by atoms with van der Waals surface area (Å²) in [6, 6.07) is 5.57. The van der Waals surface area contributed by atoms with E-state index in [9.17, 15) is 8.42 Å². The lowest BCUT2D eigenvalue weighted by molar-refractivity contribution is 0.602. The molecule has 0 spiro atoms. The summed E-state index contributed by atoms with van der Waals surface area (Å²) >= 11 is 0. The molecule has 0 saturated heterocycles. The second-order valence-electron chi connectivity index (χ2n) is 3.85. The highest BCUT2D eigenvalue weighted by Gasteiger charge is 2.11. The Morgan fingerprint density at radius 3 is 2.44 bits per heavy atom. The van der Waals surface area contributed by atoms with Crippen LogP contribution in [0.1, 0.15) is 12.5 Å². The molecule has 0 unspecified atom stereocenters. The highest BCUT2D eigenvalue weighted by atomic mass is 32.2. The zero-order valence-electron chi connectivity index (χ0n) is 10.1. The fourth-order valence-corrected chi connectivity index (χ4v) is 2.16. The minimum atomic E-state index is -3.21. The predicted molar refractivity (Wildman–Crippen MR) is 68.6 cm³/mol. The number of hydrogen-bond acceptors (Lipinski definition) is 3. The molecule has 0 heterocycles. The first-order chi connectivity index (χ1) is 7.37. The van der Waals surface area contributed by atoms with E-state index in [1.807, 2.05) is 38.1 Å². The Labute approximate surface area is 97.3 Å². The first kappa shape index (κ1) is 12.8. The minimum Gasteiger partial charge on any atom is -0.377 e. The van der Waals surface area contributed by atoms with E-state index in [0.717, 1.165) is 11.3 Å². The van der Waals surface area contributed by atoms with Gasteiger partial charge in [0.05, 0.1) is 11.4 Å². The molecule has 0 aromatic heterocycles. The van der Waals surface area contributed by atoms with Crippen LogP contribution in [-0.4, -0.2) is 28.3 Å². The molecule has 4 nitrogen and oxygen atoms in total. The third-order valence-electron chi connectivity index (χ3n) is 2.43. The molecule has 0 aliphatic rings. The summed E-state index contributed by atoms with van der Waals surface area (Å²) in [6.45, 7) is 3.52. The molecule has 1 aromatic rings. The molecule has 1 rings (SSSR count). The van der Waals surface area contributed by atoms with Crippen molar-refractivity contribution in [1.82, 2.24) is 0 Å². The first-order valence-corrected chi connectivity index (χ1v) is 6.80. The van der Waals surface area contributed by atoms with Crippen molar-refractivity contribution in [1.29, 1.82) is 0 Å². The van der Waals surface area contributed by atoms with Crippen LogP contribution >= 0.6 is 0 Å². The molecule has 16 heavy (non-hydrogen) atoms. The van der Waals surface area contributed by atoms with Crippen molar-refractivity contribution in [3.8, 4) is 0 Å². The zero-order valence-corrected chi connectivity index (χ0v) is 10.9. The second-order valence-corrected chi connectivity index (χ2v) is 5.86. The number of anilines is 2. The maximum absolute atomic E-state index is 11.5. The van der Waals surface area contributed by atoms with Crippen LogP contribution in [0.3, 0.4) is 0 Å². The summed E-state index contributed by atoms with van der Waals surface area (Å²) in [7, 11) is 0.656. The smallest absolute Gasteiger partial charge is 0.232 e. The van der Waals surface area contributed by atoms with Crippen LogP contribution in [0.15, 0.2) is 18.2 Å². The lowest BCUT2D eigenvalue weighted by Gasteiger charge is -2.18. The van der Waals surface area contributed by atoms with Crippen LogP contribution in [0.25, 0.3) is 0 Å². The standard InChI is InChI=1S/C11H18N2O2S/c1-5-16(14,15)12-10-7-6-8-11(9(10)2)13(3)4/h6-8,12H,5H2,1-4H3. The molecule has 0 bridgehead atoms. The van der Waals surface area contributed by atoms with Gasteiger partial charge in [0, 0.05) is 19.8 Å². The third-order valence-corrected chi connectivity index (χ3v) is 3.72. The van der Waals surface area contributed by atoms with Crippen molar-refractivity contribution in [2.24, 2.45) is 0 Å². The molecule has 90 valence electrons.